The van der Waals surface area contributed by atoms with Gasteiger partial charge in [0, 0.05) is 0 Å². The lowest BCUT2D eigenvalue weighted by Gasteiger charge is -2.19. The number of amides is 2. The fraction of sp³-hybridized carbons (Fsp3) is 0.286. The summed E-state index contributed by atoms with van der Waals surface area (Å²) in [5, 5.41) is 5.92. The number of para-hydroxylation sites is 2. The third-order valence-electron chi connectivity index (χ3n) is 4.31. The molecule has 6 nitrogen and oxygen atoms in total. The Morgan fingerprint density at radius 2 is 1.82 bits per heavy atom. The molecular weight excluding hydrogens is 376 g/mol. The van der Waals surface area contributed by atoms with Gasteiger partial charge < -0.3 is 15.6 Å². The van der Waals surface area contributed by atoms with Gasteiger partial charge in [0.1, 0.15) is 5.82 Å². The van der Waals surface area contributed by atoms with E-state index in [1.807, 2.05) is 24.3 Å². The Morgan fingerprint density at radius 3 is 2.54 bits per heavy atom. The van der Waals surface area contributed by atoms with Gasteiger partial charge in [-0.25, -0.2) is 4.98 Å². The van der Waals surface area contributed by atoms with E-state index in [9.17, 15) is 9.59 Å². The largest absolute Gasteiger partial charge is 0.345 e. The van der Waals surface area contributed by atoms with Gasteiger partial charge in [0.2, 0.25) is 5.91 Å². The van der Waals surface area contributed by atoms with E-state index in [-0.39, 0.29) is 24.4 Å². The van der Waals surface area contributed by atoms with Gasteiger partial charge in [0.15, 0.2) is 0 Å². The van der Waals surface area contributed by atoms with E-state index < -0.39 is 0 Å². The summed E-state index contributed by atoms with van der Waals surface area (Å²) in [7, 11) is 0. The first-order chi connectivity index (χ1) is 13.4. The Morgan fingerprint density at radius 1 is 1.11 bits per heavy atom. The normalized spacial score (nSPS) is 12.1. The zero-order chi connectivity index (χ0) is 20.1. The SMILES string of the molecule is CC(C)C[C@@H](NC(=O)CNC(=O)c1ccccc1Cl)c1nc2ccccc2[nH]1. The van der Waals surface area contributed by atoms with Gasteiger partial charge in [-0.05, 0) is 36.6 Å². The number of rotatable bonds is 7. The highest BCUT2D eigenvalue weighted by atomic mass is 35.5. The van der Waals surface area contributed by atoms with Crippen molar-refractivity contribution in [3.63, 3.8) is 0 Å². The van der Waals surface area contributed by atoms with Crippen LogP contribution in [-0.2, 0) is 4.79 Å². The van der Waals surface area contributed by atoms with Crippen molar-refractivity contribution in [3.8, 4) is 0 Å². The van der Waals surface area contributed by atoms with Gasteiger partial charge in [0.05, 0.1) is 34.2 Å². The molecule has 0 spiro atoms. The van der Waals surface area contributed by atoms with Crippen molar-refractivity contribution in [1.29, 1.82) is 0 Å². The highest BCUT2D eigenvalue weighted by molar-refractivity contribution is 6.33. The number of imidazole rings is 1. The number of benzene rings is 2. The number of hydrogen-bond donors (Lipinski definition) is 3. The van der Waals surface area contributed by atoms with Crippen LogP contribution < -0.4 is 10.6 Å². The van der Waals surface area contributed by atoms with Crippen molar-refractivity contribution in [2.45, 2.75) is 26.3 Å². The summed E-state index contributed by atoms with van der Waals surface area (Å²) in [5.41, 5.74) is 2.12. The number of hydrogen-bond acceptors (Lipinski definition) is 3. The molecule has 0 aliphatic rings. The van der Waals surface area contributed by atoms with Crippen molar-refractivity contribution >= 4 is 34.4 Å². The molecule has 0 fully saturated rings. The standard InChI is InChI=1S/C21H23ClN4O2/c1-13(2)11-18(20-25-16-9-5-6-10-17(16)26-20)24-19(27)12-23-21(28)14-7-3-4-8-15(14)22/h3-10,13,18H,11-12H2,1-2H3,(H,23,28)(H,24,27)(H,25,26)/t18-/m1/s1. The Hall–Kier alpha value is -2.86. The minimum absolute atomic E-state index is 0.140. The van der Waals surface area contributed by atoms with Gasteiger partial charge in [-0.15, -0.1) is 0 Å². The van der Waals surface area contributed by atoms with E-state index in [2.05, 4.69) is 34.4 Å². The highest BCUT2D eigenvalue weighted by Crippen LogP contribution is 2.22. The third kappa shape index (κ3) is 4.89. The molecule has 1 atom stereocenters. The second-order valence-electron chi connectivity index (χ2n) is 7.05. The monoisotopic (exact) mass is 398 g/mol. The molecule has 146 valence electrons. The fourth-order valence-corrected chi connectivity index (χ4v) is 3.22. The minimum atomic E-state index is -0.384. The maximum absolute atomic E-state index is 12.4. The van der Waals surface area contributed by atoms with Crippen molar-refractivity contribution in [3.05, 3.63) is 64.9 Å². The predicted octanol–water partition coefficient (Wildman–Crippen LogP) is 3.85. The molecule has 0 aliphatic heterocycles. The molecule has 2 amide bonds. The predicted molar refractivity (Wildman–Crippen MR) is 110 cm³/mol. The average molecular weight is 399 g/mol. The zero-order valence-electron chi connectivity index (χ0n) is 15.8. The van der Waals surface area contributed by atoms with Crippen LogP contribution >= 0.6 is 11.6 Å². The molecule has 1 aromatic heterocycles. The molecule has 0 unspecified atom stereocenters. The van der Waals surface area contributed by atoms with Crippen LogP contribution in [0.5, 0.6) is 0 Å². The van der Waals surface area contributed by atoms with E-state index in [1.54, 1.807) is 24.3 Å². The molecule has 3 aromatic rings. The molecule has 1 heterocycles. The molecule has 2 aromatic carbocycles. The third-order valence-corrected chi connectivity index (χ3v) is 4.64. The molecule has 7 heteroatoms. The van der Waals surface area contributed by atoms with Crippen LogP contribution in [0.1, 0.15) is 42.5 Å². The molecule has 0 bridgehead atoms. The maximum atomic E-state index is 12.4. The Labute approximate surface area is 168 Å². The fourth-order valence-electron chi connectivity index (χ4n) is 2.99. The Bertz CT molecular complexity index is 950. The quantitative estimate of drug-likeness (QED) is 0.565. The van der Waals surface area contributed by atoms with Crippen LogP contribution in [0.25, 0.3) is 11.0 Å². The zero-order valence-corrected chi connectivity index (χ0v) is 16.6. The van der Waals surface area contributed by atoms with E-state index in [1.165, 1.54) is 0 Å². The first-order valence-electron chi connectivity index (χ1n) is 9.20. The topological polar surface area (TPSA) is 86.9 Å². The van der Waals surface area contributed by atoms with Crippen molar-refractivity contribution in [2.24, 2.45) is 5.92 Å². The maximum Gasteiger partial charge on any atom is 0.253 e. The number of aromatic amines is 1. The number of nitrogens with one attached hydrogen (secondary N) is 3. The van der Waals surface area contributed by atoms with Crippen molar-refractivity contribution in [1.82, 2.24) is 20.6 Å². The highest BCUT2D eigenvalue weighted by Gasteiger charge is 2.20. The molecule has 3 N–H and O–H groups in total. The first-order valence-corrected chi connectivity index (χ1v) is 9.58. The average Bonchev–Trinajstić information content (AvgIpc) is 3.10. The van der Waals surface area contributed by atoms with Crippen LogP contribution in [0.15, 0.2) is 48.5 Å². The molecule has 28 heavy (non-hydrogen) atoms. The summed E-state index contributed by atoms with van der Waals surface area (Å²) in [4.78, 5) is 32.5. The number of fused-ring (bicyclic) bond motifs is 1. The Balaban J connectivity index is 1.66. The molecule has 0 radical (unpaired) electrons. The second kappa shape index (κ2) is 8.89. The van der Waals surface area contributed by atoms with Crippen LogP contribution in [-0.4, -0.2) is 28.3 Å². The number of H-pyrrole nitrogens is 1. The van der Waals surface area contributed by atoms with E-state index in [0.717, 1.165) is 17.5 Å². The van der Waals surface area contributed by atoms with Gasteiger partial charge in [0.25, 0.3) is 5.91 Å². The number of halogens is 1. The molecular formula is C21H23ClN4O2. The van der Waals surface area contributed by atoms with Crippen molar-refractivity contribution in [2.75, 3.05) is 6.54 Å². The molecule has 0 saturated carbocycles. The van der Waals surface area contributed by atoms with Crippen molar-refractivity contribution < 1.29 is 9.59 Å². The smallest absolute Gasteiger partial charge is 0.253 e. The number of aromatic nitrogens is 2. The lowest BCUT2D eigenvalue weighted by Crippen LogP contribution is -2.39. The van der Waals surface area contributed by atoms with Gasteiger partial charge in [-0.2, -0.15) is 0 Å². The van der Waals surface area contributed by atoms with E-state index >= 15 is 0 Å². The van der Waals surface area contributed by atoms with E-state index in [0.29, 0.717) is 22.3 Å². The first kappa shape index (κ1) is 19.9. The molecule has 0 aliphatic carbocycles. The van der Waals surface area contributed by atoms with Gasteiger partial charge >= 0.3 is 0 Å². The molecule has 3 rings (SSSR count). The van der Waals surface area contributed by atoms with E-state index in [4.69, 9.17) is 11.6 Å². The Kier molecular flexibility index (Phi) is 6.31. The molecule has 0 saturated heterocycles. The number of carbonyl (C=O) groups excluding carboxylic acids is 2. The lowest BCUT2D eigenvalue weighted by atomic mass is 10.0. The summed E-state index contributed by atoms with van der Waals surface area (Å²) >= 11 is 6.02. The summed E-state index contributed by atoms with van der Waals surface area (Å²) in [6.07, 6.45) is 0.726. The van der Waals surface area contributed by atoms with Gasteiger partial charge in [-0.1, -0.05) is 49.7 Å². The minimum Gasteiger partial charge on any atom is -0.345 e. The van der Waals surface area contributed by atoms with Gasteiger partial charge in [-0.3, -0.25) is 9.59 Å². The second-order valence-corrected chi connectivity index (χ2v) is 7.46. The van der Waals surface area contributed by atoms with Crippen LogP contribution in [0, 0.1) is 5.92 Å². The summed E-state index contributed by atoms with van der Waals surface area (Å²) in [5.74, 6) is 0.397. The number of carbonyl (C=O) groups is 2. The number of nitrogens with zero attached hydrogens (tertiary/aromatic N) is 1. The summed E-state index contributed by atoms with van der Waals surface area (Å²) in [6, 6.07) is 14.2. The van der Waals surface area contributed by atoms with Crippen LogP contribution in [0.2, 0.25) is 5.02 Å². The lowest BCUT2D eigenvalue weighted by molar-refractivity contribution is -0.121. The van der Waals surface area contributed by atoms with Crippen LogP contribution in [0.3, 0.4) is 0 Å². The summed E-state index contributed by atoms with van der Waals surface area (Å²) < 4.78 is 0. The summed E-state index contributed by atoms with van der Waals surface area (Å²) in [6.45, 7) is 4.03. The van der Waals surface area contributed by atoms with Crippen LogP contribution in [0.4, 0.5) is 0 Å².